The zero-order chi connectivity index (χ0) is 21.2. The molecule has 0 saturated heterocycles. The maximum Gasteiger partial charge on any atom is 0.269 e. The first-order valence-corrected chi connectivity index (χ1v) is 9.46. The van der Waals surface area contributed by atoms with Gasteiger partial charge in [0.05, 0.1) is 27.2 Å². The van der Waals surface area contributed by atoms with Crippen LogP contribution in [0.3, 0.4) is 0 Å². The highest BCUT2D eigenvalue weighted by Gasteiger charge is 2.13. The number of benzene rings is 2. The normalized spacial score (nSPS) is 10.4. The molecule has 0 unspecified atom stereocenters. The maximum absolute atomic E-state index is 12.3. The lowest BCUT2D eigenvalue weighted by atomic mass is 10.1. The van der Waals surface area contributed by atoms with Crippen LogP contribution < -0.4 is 25.1 Å². The molecule has 7 nitrogen and oxygen atoms in total. The van der Waals surface area contributed by atoms with Crippen molar-refractivity contribution in [3.05, 3.63) is 53.6 Å². The van der Waals surface area contributed by atoms with Gasteiger partial charge in [0.2, 0.25) is 5.91 Å². The number of hydrogen-bond acceptors (Lipinski definition) is 5. The van der Waals surface area contributed by atoms with Crippen molar-refractivity contribution >= 4 is 11.8 Å². The number of nitrogens with one attached hydrogen (secondary N) is 2. The van der Waals surface area contributed by atoms with Gasteiger partial charge in [-0.3, -0.25) is 20.4 Å². The first-order valence-electron chi connectivity index (χ1n) is 9.46. The summed E-state index contributed by atoms with van der Waals surface area (Å²) in [6.45, 7) is 4.81. The summed E-state index contributed by atoms with van der Waals surface area (Å²) in [6, 6.07) is 12.1. The van der Waals surface area contributed by atoms with Crippen LogP contribution in [0.15, 0.2) is 42.5 Å². The van der Waals surface area contributed by atoms with Gasteiger partial charge >= 0.3 is 0 Å². The fourth-order valence-corrected chi connectivity index (χ4v) is 2.54. The van der Waals surface area contributed by atoms with E-state index in [-0.39, 0.29) is 12.3 Å². The third-order valence-corrected chi connectivity index (χ3v) is 4.19. The molecule has 2 aromatic carbocycles. The first kappa shape index (κ1) is 22.1. The van der Waals surface area contributed by atoms with Crippen molar-refractivity contribution < 1.29 is 23.8 Å². The topological polar surface area (TPSA) is 85.9 Å². The summed E-state index contributed by atoms with van der Waals surface area (Å²) < 4.78 is 16.2. The van der Waals surface area contributed by atoms with Gasteiger partial charge < -0.3 is 14.2 Å². The van der Waals surface area contributed by atoms with Gasteiger partial charge in [0.1, 0.15) is 5.75 Å². The molecule has 0 atom stereocenters. The molecule has 2 N–H and O–H groups in total. The second kappa shape index (κ2) is 10.9. The average molecular weight is 400 g/mol. The van der Waals surface area contributed by atoms with Crippen LogP contribution in [-0.2, 0) is 11.2 Å². The molecule has 0 aromatic heterocycles. The van der Waals surface area contributed by atoms with Crippen molar-refractivity contribution in [1.82, 2.24) is 10.9 Å². The Morgan fingerprint density at radius 2 is 1.76 bits per heavy atom. The van der Waals surface area contributed by atoms with Crippen LogP contribution >= 0.6 is 0 Å². The van der Waals surface area contributed by atoms with Gasteiger partial charge in [-0.15, -0.1) is 0 Å². The Kier molecular flexibility index (Phi) is 8.33. The highest BCUT2D eigenvalue weighted by molar-refractivity contribution is 5.96. The van der Waals surface area contributed by atoms with Crippen molar-refractivity contribution in [1.29, 1.82) is 0 Å². The molecule has 0 radical (unpaired) electrons. The van der Waals surface area contributed by atoms with E-state index in [4.69, 9.17) is 14.2 Å². The number of ether oxygens (including phenoxy) is 3. The van der Waals surface area contributed by atoms with Crippen molar-refractivity contribution in [2.75, 3.05) is 20.8 Å². The fourth-order valence-electron chi connectivity index (χ4n) is 2.54. The number of rotatable bonds is 9. The van der Waals surface area contributed by atoms with E-state index < -0.39 is 5.91 Å². The van der Waals surface area contributed by atoms with Gasteiger partial charge in [-0.1, -0.05) is 26.0 Å². The number of hydrazine groups is 1. The van der Waals surface area contributed by atoms with E-state index in [0.717, 1.165) is 12.0 Å². The Labute approximate surface area is 171 Å². The summed E-state index contributed by atoms with van der Waals surface area (Å²) in [4.78, 5) is 24.4. The highest BCUT2D eigenvalue weighted by Crippen LogP contribution is 2.28. The molecule has 2 amide bonds. The van der Waals surface area contributed by atoms with Gasteiger partial charge in [-0.25, -0.2) is 0 Å². The lowest BCUT2D eigenvalue weighted by Crippen LogP contribution is -2.42. The summed E-state index contributed by atoms with van der Waals surface area (Å²) in [5.41, 5.74) is 5.95. The summed E-state index contributed by atoms with van der Waals surface area (Å²) >= 11 is 0. The monoisotopic (exact) mass is 400 g/mol. The van der Waals surface area contributed by atoms with Crippen molar-refractivity contribution in [3.63, 3.8) is 0 Å². The Balaban J connectivity index is 1.91. The molecule has 0 spiro atoms. The van der Waals surface area contributed by atoms with Gasteiger partial charge in [-0.05, 0) is 48.2 Å². The molecule has 156 valence electrons. The van der Waals surface area contributed by atoms with Gasteiger partial charge in [0.25, 0.3) is 5.91 Å². The second-order valence-electron chi connectivity index (χ2n) is 6.93. The minimum Gasteiger partial charge on any atom is -0.497 e. The largest absolute Gasteiger partial charge is 0.497 e. The molecule has 0 aliphatic carbocycles. The van der Waals surface area contributed by atoms with Crippen LogP contribution in [0.25, 0.3) is 0 Å². The second-order valence-corrected chi connectivity index (χ2v) is 6.93. The van der Waals surface area contributed by atoms with E-state index in [1.165, 1.54) is 7.11 Å². The Morgan fingerprint density at radius 1 is 0.966 bits per heavy atom. The highest BCUT2D eigenvalue weighted by atomic mass is 16.5. The van der Waals surface area contributed by atoms with E-state index in [9.17, 15) is 9.59 Å². The average Bonchev–Trinajstić information content (AvgIpc) is 2.72. The molecule has 0 aliphatic rings. The molecule has 0 saturated carbocycles. The Hall–Kier alpha value is -3.22. The summed E-state index contributed by atoms with van der Waals surface area (Å²) in [6.07, 6.45) is 1.04. The Bertz CT molecular complexity index is 836. The van der Waals surface area contributed by atoms with Crippen molar-refractivity contribution in [2.24, 2.45) is 5.92 Å². The molecule has 0 bridgehead atoms. The predicted octanol–water partition coefficient (Wildman–Crippen LogP) is 3.13. The summed E-state index contributed by atoms with van der Waals surface area (Å²) in [7, 11) is 3.08. The lowest BCUT2D eigenvalue weighted by Gasteiger charge is -2.13. The molecule has 2 aromatic rings. The van der Waals surface area contributed by atoms with E-state index in [0.29, 0.717) is 35.3 Å². The minimum absolute atomic E-state index is 0.115. The third-order valence-electron chi connectivity index (χ3n) is 4.19. The first-order chi connectivity index (χ1) is 13.9. The standard InChI is InChI=1S/C22H28N2O5/c1-15(2)10-11-29-19-9-8-17(14-20(19)28-4)22(26)24-23-21(25)13-16-6-5-7-18(12-16)27-3/h5-9,12,14-15H,10-11,13H2,1-4H3,(H,23,25)(H,24,26). The molecule has 0 aliphatic heterocycles. The van der Waals surface area contributed by atoms with E-state index in [1.54, 1.807) is 43.5 Å². The van der Waals surface area contributed by atoms with Gasteiger partial charge in [-0.2, -0.15) is 0 Å². The molecule has 7 heteroatoms. The fraction of sp³-hybridized carbons (Fsp3) is 0.364. The zero-order valence-electron chi connectivity index (χ0n) is 17.3. The quantitative estimate of drug-likeness (QED) is 0.632. The zero-order valence-corrected chi connectivity index (χ0v) is 17.3. The number of hydrogen-bond donors (Lipinski definition) is 2. The van der Waals surface area contributed by atoms with E-state index >= 15 is 0 Å². The minimum atomic E-state index is -0.448. The predicted molar refractivity (Wildman–Crippen MR) is 110 cm³/mol. The molecular formula is C22H28N2O5. The molecule has 0 fully saturated rings. The lowest BCUT2D eigenvalue weighted by molar-refractivity contribution is -0.121. The van der Waals surface area contributed by atoms with Crippen LogP contribution in [-0.4, -0.2) is 32.6 Å². The SMILES string of the molecule is COc1cccc(CC(=O)NNC(=O)c2ccc(OCCC(C)C)c(OC)c2)c1. The number of methoxy groups -OCH3 is 2. The smallest absolute Gasteiger partial charge is 0.269 e. The van der Waals surface area contributed by atoms with Crippen LogP contribution in [0, 0.1) is 5.92 Å². The number of carbonyl (C=O) groups is 2. The van der Waals surface area contributed by atoms with Crippen LogP contribution in [0.5, 0.6) is 17.2 Å². The van der Waals surface area contributed by atoms with Gasteiger partial charge in [0.15, 0.2) is 11.5 Å². The molecule has 29 heavy (non-hydrogen) atoms. The summed E-state index contributed by atoms with van der Waals surface area (Å²) in [5.74, 6) is 1.45. The van der Waals surface area contributed by atoms with Crippen LogP contribution in [0.4, 0.5) is 0 Å². The van der Waals surface area contributed by atoms with Crippen molar-refractivity contribution in [2.45, 2.75) is 26.7 Å². The number of amides is 2. The third kappa shape index (κ3) is 7.03. The maximum atomic E-state index is 12.3. The van der Waals surface area contributed by atoms with Crippen molar-refractivity contribution in [3.8, 4) is 17.2 Å². The molecule has 0 heterocycles. The van der Waals surface area contributed by atoms with E-state index in [1.807, 2.05) is 6.07 Å². The summed E-state index contributed by atoms with van der Waals surface area (Å²) in [5, 5.41) is 0. The molecule has 2 rings (SSSR count). The molecular weight excluding hydrogens is 372 g/mol. The Morgan fingerprint density at radius 3 is 2.45 bits per heavy atom. The van der Waals surface area contributed by atoms with Gasteiger partial charge in [0, 0.05) is 5.56 Å². The van der Waals surface area contributed by atoms with E-state index in [2.05, 4.69) is 24.7 Å². The number of carbonyl (C=O) groups excluding carboxylic acids is 2. The van der Waals surface area contributed by atoms with Crippen LogP contribution in [0.2, 0.25) is 0 Å². The van der Waals surface area contributed by atoms with Crippen LogP contribution in [0.1, 0.15) is 36.2 Å².